The number of aromatic nitrogens is 2. The summed E-state index contributed by atoms with van der Waals surface area (Å²) in [5.41, 5.74) is 4.15. The monoisotopic (exact) mass is 493 g/mol. The molecule has 0 aliphatic heterocycles. The molecule has 3 aromatic carbocycles. The summed E-state index contributed by atoms with van der Waals surface area (Å²) in [6, 6.07) is 20.5. The third-order valence-corrected chi connectivity index (χ3v) is 6.42. The number of aryl methyl sites for hydroxylation is 2. The lowest BCUT2D eigenvalue weighted by molar-refractivity contribution is -0.113. The summed E-state index contributed by atoms with van der Waals surface area (Å²) in [5, 5.41) is 3.90. The molecule has 7 heteroatoms. The van der Waals surface area contributed by atoms with Crippen LogP contribution in [0.25, 0.3) is 16.6 Å². The number of nitrogens with zero attached hydrogens (tertiary/aromatic N) is 2. The van der Waals surface area contributed by atoms with Gasteiger partial charge in [-0.3, -0.25) is 14.2 Å². The van der Waals surface area contributed by atoms with Gasteiger partial charge in [0.05, 0.1) is 22.3 Å². The average Bonchev–Trinajstić information content (AvgIpc) is 2.76. The first-order valence-electron chi connectivity index (χ1n) is 9.70. The molecule has 1 amide bonds. The first-order chi connectivity index (χ1) is 14.9. The van der Waals surface area contributed by atoms with E-state index in [0.29, 0.717) is 21.7 Å². The average molecular weight is 494 g/mol. The molecular weight excluding hydrogens is 474 g/mol. The molecule has 31 heavy (non-hydrogen) atoms. The van der Waals surface area contributed by atoms with Crippen LogP contribution < -0.4 is 10.9 Å². The number of hydrogen-bond acceptors (Lipinski definition) is 4. The van der Waals surface area contributed by atoms with Gasteiger partial charge in [-0.2, -0.15) is 0 Å². The van der Waals surface area contributed by atoms with Gasteiger partial charge in [-0.25, -0.2) is 4.98 Å². The number of anilines is 1. The molecule has 0 bridgehead atoms. The van der Waals surface area contributed by atoms with Crippen LogP contribution in [0.1, 0.15) is 11.1 Å². The maximum absolute atomic E-state index is 13.3. The Morgan fingerprint density at radius 1 is 1.03 bits per heavy atom. The number of benzene rings is 3. The number of para-hydroxylation sites is 1. The van der Waals surface area contributed by atoms with E-state index in [4.69, 9.17) is 4.98 Å². The fourth-order valence-corrected chi connectivity index (χ4v) is 4.24. The molecule has 0 saturated carbocycles. The Morgan fingerprint density at radius 3 is 2.52 bits per heavy atom. The SMILES string of the molecule is Cc1ccc(-n2c(SCC(=O)Nc3ccc(Br)cc3)nc3ccccc3c2=O)cc1C. The molecule has 0 aliphatic rings. The molecule has 4 aromatic rings. The largest absolute Gasteiger partial charge is 0.325 e. The molecule has 1 aromatic heterocycles. The molecule has 4 rings (SSSR count). The van der Waals surface area contributed by atoms with Gasteiger partial charge in [-0.1, -0.05) is 45.9 Å². The summed E-state index contributed by atoms with van der Waals surface area (Å²) in [4.78, 5) is 30.5. The second-order valence-corrected chi connectivity index (χ2v) is 9.02. The lowest BCUT2D eigenvalue weighted by Gasteiger charge is -2.14. The van der Waals surface area contributed by atoms with Gasteiger partial charge >= 0.3 is 0 Å². The predicted octanol–water partition coefficient (Wildman–Crippen LogP) is 5.50. The van der Waals surface area contributed by atoms with Crippen molar-refractivity contribution < 1.29 is 4.79 Å². The van der Waals surface area contributed by atoms with E-state index in [2.05, 4.69) is 21.2 Å². The van der Waals surface area contributed by atoms with E-state index >= 15 is 0 Å². The Labute approximate surface area is 192 Å². The minimum atomic E-state index is -0.165. The lowest BCUT2D eigenvalue weighted by atomic mass is 10.1. The van der Waals surface area contributed by atoms with Crippen LogP contribution in [0.5, 0.6) is 0 Å². The number of nitrogens with one attached hydrogen (secondary N) is 1. The van der Waals surface area contributed by atoms with Crippen molar-refractivity contribution in [3.63, 3.8) is 0 Å². The lowest BCUT2D eigenvalue weighted by Crippen LogP contribution is -2.23. The number of rotatable bonds is 5. The Bertz CT molecular complexity index is 1330. The predicted molar refractivity (Wildman–Crippen MR) is 130 cm³/mol. The Kier molecular flexibility index (Phi) is 6.25. The molecule has 0 fully saturated rings. The number of hydrogen-bond donors (Lipinski definition) is 1. The molecular formula is C24H20BrN3O2S. The molecule has 156 valence electrons. The van der Waals surface area contributed by atoms with Gasteiger partial charge < -0.3 is 5.32 Å². The quantitative estimate of drug-likeness (QED) is 0.294. The van der Waals surface area contributed by atoms with Crippen LogP contribution in [0, 0.1) is 13.8 Å². The second-order valence-electron chi connectivity index (χ2n) is 7.16. The molecule has 0 atom stereocenters. The summed E-state index contributed by atoms with van der Waals surface area (Å²) in [7, 11) is 0. The van der Waals surface area contributed by atoms with Crippen LogP contribution >= 0.6 is 27.7 Å². The van der Waals surface area contributed by atoms with E-state index in [9.17, 15) is 9.59 Å². The Morgan fingerprint density at radius 2 is 1.77 bits per heavy atom. The van der Waals surface area contributed by atoms with Crippen molar-refractivity contribution in [3.05, 3.63) is 92.7 Å². The van der Waals surface area contributed by atoms with Crippen molar-refractivity contribution in [2.24, 2.45) is 0 Å². The zero-order valence-corrected chi connectivity index (χ0v) is 19.5. The highest BCUT2D eigenvalue weighted by Crippen LogP contribution is 2.23. The standard InChI is InChI=1S/C24H20BrN3O2S/c1-15-7-12-19(13-16(15)2)28-23(30)20-5-3-4-6-21(20)27-24(28)31-14-22(29)26-18-10-8-17(25)9-11-18/h3-13H,14H2,1-2H3,(H,26,29). The van der Waals surface area contributed by atoms with Gasteiger partial charge in [0.15, 0.2) is 5.16 Å². The molecule has 0 saturated heterocycles. The highest BCUT2D eigenvalue weighted by atomic mass is 79.9. The van der Waals surface area contributed by atoms with E-state index in [-0.39, 0.29) is 17.2 Å². The number of carbonyl (C=O) groups is 1. The maximum atomic E-state index is 13.3. The molecule has 0 unspecified atom stereocenters. The minimum absolute atomic E-state index is 0.131. The third-order valence-electron chi connectivity index (χ3n) is 4.95. The molecule has 1 N–H and O–H groups in total. The van der Waals surface area contributed by atoms with Crippen LogP contribution in [0.3, 0.4) is 0 Å². The number of carbonyl (C=O) groups excluding carboxylic acids is 1. The number of halogens is 1. The van der Waals surface area contributed by atoms with Gasteiger partial charge in [-0.05, 0) is 73.5 Å². The summed E-state index contributed by atoms with van der Waals surface area (Å²) >= 11 is 4.62. The van der Waals surface area contributed by atoms with Gasteiger partial charge in [0, 0.05) is 10.2 Å². The van der Waals surface area contributed by atoms with Gasteiger partial charge in [-0.15, -0.1) is 0 Å². The summed E-state index contributed by atoms with van der Waals surface area (Å²) in [6.07, 6.45) is 0. The van der Waals surface area contributed by atoms with Crippen molar-refractivity contribution in [3.8, 4) is 5.69 Å². The van der Waals surface area contributed by atoms with Crippen LogP contribution in [-0.2, 0) is 4.79 Å². The highest BCUT2D eigenvalue weighted by Gasteiger charge is 2.15. The smallest absolute Gasteiger partial charge is 0.266 e. The number of fused-ring (bicyclic) bond motifs is 1. The normalized spacial score (nSPS) is 10.9. The summed E-state index contributed by atoms with van der Waals surface area (Å²) in [5.74, 6) is -0.0348. The van der Waals surface area contributed by atoms with Crippen molar-refractivity contribution in [2.45, 2.75) is 19.0 Å². The van der Waals surface area contributed by atoms with Crippen LogP contribution in [0.15, 0.2) is 81.2 Å². The van der Waals surface area contributed by atoms with Crippen LogP contribution in [-0.4, -0.2) is 21.2 Å². The van der Waals surface area contributed by atoms with Crippen LogP contribution in [0.2, 0.25) is 0 Å². The first kappa shape index (κ1) is 21.3. The molecule has 0 aliphatic carbocycles. The summed E-state index contributed by atoms with van der Waals surface area (Å²) in [6.45, 7) is 4.04. The third kappa shape index (κ3) is 4.73. The van der Waals surface area contributed by atoms with Crippen molar-refractivity contribution >= 4 is 50.2 Å². The maximum Gasteiger partial charge on any atom is 0.266 e. The van der Waals surface area contributed by atoms with E-state index in [1.807, 2.05) is 74.5 Å². The van der Waals surface area contributed by atoms with E-state index in [1.54, 1.807) is 10.6 Å². The fraction of sp³-hybridized carbons (Fsp3) is 0.125. The molecule has 1 heterocycles. The van der Waals surface area contributed by atoms with Crippen LogP contribution in [0.4, 0.5) is 5.69 Å². The molecule has 0 spiro atoms. The minimum Gasteiger partial charge on any atom is -0.325 e. The van der Waals surface area contributed by atoms with E-state index in [1.165, 1.54) is 11.8 Å². The topological polar surface area (TPSA) is 64.0 Å². The van der Waals surface area contributed by atoms with Gasteiger partial charge in [0.25, 0.3) is 5.56 Å². The number of amides is 1. The Hall–Kier alpha value is -2.90. The highest BCUT2D eigenvalue weighted by molar-refractivity contribution is 9.10. The number of thioether (sulfide) groups is 1. The fourth-order valence-electron chi connectivity index (χ4n) is 3.16. The molecule has 5 nitrogen and oxygen atoms in total. The zero-order valence-electron chi connectivity index (χ0n) is 17.1. The second kappa shape index (κ2) is 9.08. The van der Waals surface area contributed by atoms with Crippen molar-refractivity contribution in [2.75, 3.05) is 11.1 Å². The van der Waals surface area contributed by atoms with E-state index < -0.39 is 0 Å². The zero-order chi connectivity index (χ0) is 22.0. The first-order valence-corrected chi connectivity index (χ1v) is 11.5. The molecule has 0 radical (unpaired) electrons. The van der Waals surface area contributed by atoms with E-state index in [0.717, 1.165) is 21.3 Å². The van der Waals surface area contributed by atoms with Gasteiger partial charge in [0.2, 0.25) is 5.91 Å². The van der Waals surface area contributed by atoms with Crippen molar-refractivity contribution in [1.82, 2.24) is 9.55 Å². The van der Waals surface area contributed by atoms with Gasteiger partial charge in [0.1, 0.15) is 0 Å². The Balaban J connectivity index is 1.68. The van der Waals surface area contributed by atoms with Crippen molar-refractivity contribution in [1.29, 1.82) is 0 Å². The summed E-state index contributed by atoms with van der Waals surface area (Å²) < 4.78 is 2.53.